The van der Waals surface area contributed by atoms with Gasteiger partial charge in [0.25, 0.3) is 0 Å². The largest absolute Gasteiger partial charge is 0.462 e. The molecule has 0 saturated carbocycles. The topological polar surface area (TPSA) is 46.2 Å². The summed E-state index contributed by atoms with van der Waals surface area (Å²) in [7, 11) is 0. The number of carbonyl (C=O) groups is 1. The Morgan fingerprint density at radius 1 is 1.24 bits per heavy atom. The second-order valence-electron chi connectivity index (χ2n) is 3.83. The van der Waals surface area contributed by atoms with Crippen molar-refractivity contribution < 1.29 is 14.6 Å². The third-order valence-electron chi connectivity index (χ3n) is 2.50. The molecule has 0 aliphatic rings. The molecule has 87 valence electrons. The first-order chi connectivity index (χ1) is 8.22. The molecule has 17 heavy (non-hydrogen) atoms. The number of hydrogen-bond donors (Lipinski definition) is 0. The molecule has 0 N–H and O–H groups in total. The molecule has 0 aliphatic heterocycles. The number of fused-ring (bicyclic) bond motifs is 1. The van der Waals surface area contributed by atoms with E-state index in [2.05, 4.69) is 0 Å². The van der Waals surface area contributed by atoms with E-state index in [1.807, 2.05) is 19.1 Å². The first-order valence-electron chi connectivity index (χ1n) is 5.59. The SMILES string of the molecule is CCCOC(=O)c1cc([O])c2ccccc2c1. The van der Waals surface area contributed by atoms with Crippen LogP contribution in [0.1, 0.15) is 23.7 Å². The molecule has 0 heterocycles. The van der Waals surface area contributed by atoms with E-state index < -0.39 is 5.97 Å². The van der Waals surface area contributed by atoms with Crippen LogP contribution in [0.4, 0.5) is 0 Å². The monoisotopic (exact) mass is 229 g/mol. The maximum absolute atomic E-state index is 11.8. The summed E-state index contributed by atoms with van der Waals surface area (Å²) in [6, 6.07) is 10.2. The van der Waals surface area contributed by atoms with Gasteiger partial charge in [-0.25, -0.2) is 4.79 Å². The Hall–Kier alpha value is -2.03. The molecule has 0 spiro atoms. The molecule has 2 aromatic rings. The molecule has 3 heteroatoms. The highest BCUT2D eigenvalue weighted by Crippen LogP contribution is 2.27. The predicted molar refractivity (Wildman–Crippen MR) is 64.7 cm³/mol. The minimum absolute atomic E-state index is 0.147. The molecule has 0 bridgehead atoms. The Bertz CT molecular complexity index is 546. The van der Waals surface area contributed by atoms with Crippen molar-refractivity contribution in [2.45, 2.75) is 13.3 Å². The number of ether oxygens (including phenoxy) is 1. The van der Waals surface area contributed by atoms with Gasteiger partial charge in [-0.05, 0) is 17.9 Å². The highest BCUT2D eigenvalue weighted by atomic mass is 16.5. The van der Waals surface area contributed by atoms with Crippen molar-refractivity contribution >= 4 is 16.7 Å². The first kappa shape index (κ1) is 11.5. The summed E-state index contributed by atoms with van der Waals surface area (Å²) in [5.74, 6) is -0.582. The van der Waals surface area contributed by atoms with Crippen molar-refractivity contribution in [1.29, 1.82) is 0 Å². The van der Waals surface area contributed by atoms with Crippen LogP contribution in [0.15, 0.2) is 36.4 Å². The fourth-order valence-electron chi connectivity index (χ4n) is 1.67. The highest BCUT2D eigenvalue weighted by molar-refractivity contribution is 5.98. The van der Waals surface area contributed by atoms with Crippen molar-refractivity contribution in [3.05, 3.63) is 42.0 Å². The first-order valence-corrected chi connectivity index (χ1v) is 5.59. The van der Waals surface area contributed by atoms with Crippen molar-refractivity contribution in [2.75, 3.05) is 6.61 Å². The number of rotatable bonds is 3. The van der Waals surface area contributed by atoms with Gasteiger partial charge in [-0.3, -0.25) is 5.11 Å². The van der Waals surface area contributed by atoms with Gasteiger partial charge in [-0.2, -0.15) is 0 Å². The molecule has 0 atom stereocenters. The van der Waals surface area contributed by atoms with Gasteiger partial charge in [0, 0.05) is 11.5 Å². The van der Waals surface area contributed by atoms with Crippen LogP contribution in [0.3, 0.4) is 0 Å². The summed E-state index contributed by atoms with van der Waals surface area (Å²) >= 11 is 0. The van der Waals surface area contributed by atoms with Crippen LogP contribution in [-0.2, 0) is 9.84 Å². The molecule has 0 saturated heterocycles. The van der Waals surface area contributed by atoms with Gasteiger partial charge in [-0.15, -0.1) is 0 Å². The summed E-state index contributed by atoms with van der Waals surface area (Å²) < 4.78 is 5.00. The molecule has 2 aromatic carbocycles. The van der Waals surface area contributed by atoms with Gasteiger partial charge in [0.15, 0.2) is 5.75 Å². The smallest absolute Gasteiger partial charge is 0.338 e. The molecular weight excluding hydrogens is 216 g/mol. The molecule has 0 amide bonds. The van der Waals surface area contributed by atoms with E-state index in [1.54, 1.807) is 18.2 Å². The van der Waals surface area contributed by atoms with Gasteiger partial charge >= 0.3 is 5.97 Å². The number of benzene rings is 2. The summed E-state index contributed by atoms with van der Waals surface area (Å²) in [5, 5.41) is 13.2. The lowest BCUT2D eigenvalue weighted by Crippen LogP contribution is -2.05. The highest BCUT2D eigenvalue weighted by Gasteiger charge is 2.11. The normalized spacial score (nSPS) is 10.4. The van der Waals surface area contributed by atoms with Crippen molar-refractivity contribution in [1.82, 2.24) is 0 Å². The Balaban J connectivity index is 2.39. The predicted octanol–water partition coefficient (Wildman–Crippen LogP) is 3.55. The average Bonchev–Trinajstić information content (AvgIpc) is 2.36. The summed E-state index contributed by atoms with van der Waals surface area (Å²) in [4.78, 5) is 11.6. The quantitative estimate of drug-likeness (QED) is 0.755. The van der Waals surface area contributed by atoms with Crippen LogP contribution in [0.2, 0.25) is 0 Å². The second-order valence-corrected chi connectivity index (χ2v) is 3.83. The van der Waals surface area contributed by atoms with Crippen molar-refractivity contribution in [3.63, 3.8) is 0 Å². The number of hydrogen-bond acceptors (Lipinski definition) is 2. The third kappa shape index (κ3) is 2.38. The average molecular weight is 229 g/mol. The minimum atomic E-state index is -0.435. The van der Waals surface area contributed by atoms with Gasteiger partial charge in [0.1, 0.15) is 0 Å². The molecule has 0 fully saturated rings. The summed E-state index contributed by atoms with van der Waals surface area (Å²) in [6.45, 7) is 2.30. The summed E-state index contributed by atoms with van der Waals surface area (Å²) in [6.07, 6.45) is 0.767. The second kappa shape index (κ2) is 4.87. The lowest BCUT2D eigenvalue weighted by Gasteiger charge is -2.05. The van der Waals surface area contributed by atoms with Crippen molar-refractivity contribution in [3.8, 4) is 5.75 Å². The van der Waals surface area contributed by atoms with Crippen LogP contribution in [0.25, 0.3) is 10.8 Å². The van der Waals surface area contributed by atoms with Crippen LogP contribution in [-0.4, -0.2) is 12.6 Å². The van der Waals surface area contributed by atoms with E-state index in [0.717, 1.165) is 11.8 Å². The zero-order valence-corrected chi connectivity index (χ0v) is 9.60. The third-order valence-corrected chi connectivity index (χ3v) is 2.50. The van der Waals surface area contributed by atoms with E-state index in [-0.39, 0.29) is 5.75 Å². The fourth-order valence-corrected chi connectivity index (χ4v) is 1.67. The Morgan fingerprint density at radius 3 is 2.76 bits per heavy atom. The molecule has 3 nitrogen and oxygen atoms in total. The lowest BCUT2D eigenvalue weighted by molar-refractivity contribution is 0.0504. The molecule has 0 aromatic heterocycles. The van der Waals surface area contributed by atoms with Crippen LogP contribution in [0, 0.1) is 0 Å². The minimum Gasteiger partial charge on any atom is -0.462 e. The van der Waals surface area contributed by atoms with E-state index in [4.69, 9.17) is 4.74 Å². The fraction of sp³-hybridized carbons (Fsp3) is 0.214. The van der Waals surface area contributed by atoms with E-state index in [9.17, 15) is 9.90 Å². The van der Waals surface area contributed by atoms with Gasteiger partial charge in [-0.1, -0.05) is 31.2 Å². The molecule has 2 rings (SSSR count). The maximum Gasteiger partial charge on any atom is 0.338 e. The van der Waals surface area contributed by atoms with Crippen LogP contribution >= 0.6 is 0 Å². The van der Waals surface area contributed by atoms with Gasteiger partial charge in [0.05, 0.1) is 12.2 Å². The Kier molecular flexibility index (Phi) is 3.28. The zero-order valence-electron chi connectivity index (χ0n) is 9.60. The zero-order chi connectivity index (χ0) is 12.3. The van der Waals surface area contributed by atoms with Gasteiger partial charge in [0.2, 0.25) is 0 Å². The van der Waals surface area contributed by atoms with E-state index in [1.165, 1.54) is 6.07 Å². The van der Waals surface area contributed by atoms with Crippen LogP contribution < -0.4 is 0 Å². The molecule has 0 unspecified atom stereocenters. The maximum atomic E-state index is 11.8. The number of esters is 1. The van der Waals surface area contributed by atoms with E-state index in [0.29, 0.717) is 17.6 Å². The lowest BCUT2D eigenvalue weighted by atomic mass is 10.1. The van der Waals surface area contributed by atoms with Gasteiger partial charge < -0.3 is 4.74 Å². The van der Waals surface area contributed by atoms with Crippen molar-refractivity contribution in [2.24, 2.45) is 0 Å². The standard InChI is InChI=1S/C14H13O3/c1-2-7-17-14(16)11-8-10-5-3-4-6-12(10)13(15)9-11/h3-6,8-9H,2,7H2,1H3. The van der Waals surface area contributed by atoms with E-state index >= 15 is 0 Å². The Labute approximate surface area is 99.6 Å². The summed E-state index contributed by atoms with van der Waals surface area (Å²) in [5.41, 5.74) is 0.321. The Morgan fingerprint density at radius 2 is 2.00 bits per heavy atom. The van der Waals surface area contributed by atoms with Crippen LogP contribution in [0.5, 0.6) is 5.75 Å². The number of carbonyl (C=O) groups excluding carboxylic acids is 1. The molecular formula is C14H13O3. The molecule has 1 radical (unpaired) electrons. The molecule has 0 aliphatic carbocycles.